The zero-order chi connectivity index (χ0) is 21.2. The molecular weight excluding hydrogens is 378 g/mol. The smallest absolute Gasteiger partial charge is 0.334 e. The SMILES string of the molecule is CC1(n2c(=O)c(C(=O)NCC(=O)O)c(O)n(C3CCCCC3)c2=O)CCCCC1. The van der Waals surface area contributed by atoms with Gasteiger partial charge in [0, 0.05) is 11.6 Å². The summed E-state index contributed by atoms with van der Waals surface area (Å²) < 4.78 is 2.33. The molecule has 160 valence electrons. The van der Waals surface area contributed by atoms with Crippen LogP contribution in [0.2, 0.25) is 0 Å². The van der Waals surface area contributed by atoms with Crippen LogP contribution < -0.4 is 16.6 Å². The number of carbonyl (C=O) groups excluding carboxylic acids is 1. The summed E-state index contributed by atoms with van der Waals surface area (Å²) in [4.78, 5) is 50.0. The lowest BCUT2D eigenvalue weighted by atomic mass is 9.83. The van der Waals surface area contributed by atoms with Crippen molar-refractivity contribution in [2.45, 2.75) is 82.7 Å². The molecule has 0 spiro atoms. The maximum Gasteiger partial charge on any atom is 0.334 e. The molecule has 0 radical (unpaired) electrons. The van der Waals surface area contributed by atoms with E-state index in [-0.39, 0.29) is 6.04 Å². The van der Waals surface area contributed by atoms with Crippen molar-refractivity contribution >= 4 is 11.9 Å². The molecule has 1 amide bonds. The van der Waals surface area contributed by atoms with Gasteiger partial charge >= 0.3 is 11.7 Å². The molecule has 0 aliphatic heterocycles. The Labute approximate surface area is 168 Å². The van der Waals surface area contributed by atoms with Crippen molar-refractivity contribution in [1.82, 2.24) is 14.5 Å². The number of nitrogens with zero attached hydrogens (tertiary/aromatic N) is 2. The molecule has 0 saturated heterocycles. The molecule has 3 N–H and O–H groups in total. The second-order valence-corrected chi connectivity index (χ2v) is 8.42. The van der Waals surface area contributed by atoms with Crippen molar-refractivity contribution in [3.8, 4) is 5.88 Å². The number of rotatable bonds is 5. The fourth-order valence-electron chi connectivity index (χ4n) is 4.74. The summed E-state index contributed by atoms with van der Waals surface area (Å²) in [6.07, 6.45) is 8.21. The second-order valence-electron chi connectivity index (χ2n) is 8.42. The second kappa shape index (κ2) is 8.42. The molecule has 0 unspecified atom stereocenters. The van der Waals surface area contributed by atoms with Gasteiger partial charge in [0.1, 0.15) is 6.54 Å². The number of aliphatic carboxylic acids is 1. The molecule has 2 saturated carbocycles. The molecule has 29 heavy (non-hydrogen) atoms. The quantitative estimate of drug-likeness (QED) is 0.681. The highest BCUT2D eigenvalue weighted by molar-refractivity contribution is 5.97. The maximum absolute atomic E-state index is 13.4. The van der Waals surface area contributed by atoms with Crippen LogP contribution in [0.3, 0.4) is 0 Å². The number of carboxylic acid groups (broad SMARTS) is 1. The summed E-state index contributed by atoms with van der Waals surface area (Å²) in [5, 5.41) is 21.8. The first-order valence-corrected chi connectivity index (χ1v) is 10.4. The molecule has 1 heterocycles. The van der Waals surface area contributed by atoms with Gasteiger partial charge < -0.3 is 15.5 Å². The van der Waals surface area contributed by atoms with Crippen molar-refractivity contribution in [2.75, 3.05) is 6.54 Å². The van der Waals surface area contributed by atoms with Gasteiger partial charge in [-0.15, -0.1) is 0 Å². The first-order chi connectivity index (χ1) is 13.8. The lowest BCUT2D eigenvalue weighted by Gasteiger charge is -2.36. The van der Waals surface area contributed by atoms with Gasteiger partial charge in [-0.2, -0.15) is 0 Å². The molecule has 0 atom stereocenters. The van der Waals surface area contributed by atoms with Gasteiger partial charge in [-0.3, -0.25) is 23.5 Å². The highest BCUT2D eigenvalue weighted by Crippen LogP contribution is 2.34. The van der Waals surface area contributed by atoms with E-state index in [9.17, 15) is 24.3 Å². The van der Waals surface area contributed by atoms with Crippen LogP contribution in [0.5, 0.6) is 5.88 Å². The fourth-order valence-corrected chi connectivity index (χ4v) is 4.74. The maximum atomic E-state index is 13.4. The van der Waals surface area contributed by atoms with E-state index < -0.39 is 46.7 Å². The molecule has 9 heteroatoms. The third-order valence-corrected chi connectivity index (χ3v) is 6.30. The van der Waals surface area contributed by atoms with E-state index in [2.05, 4.69) is 5.32 Å². The molecule has 0 bridgehead atoms. The normalized spacial score (nSPS) is 19.6. The van der Waals surface area contributed by atoms with Gasteiger partial charge in [0.15, 0.2) is 5.56 Å². The summed E-state index contributed by atoms with van der Waals surface area (Å²) >= 11 is 0. The summed E-state index contributed by atoms with van der Waals surface area (Å²) in [6, 6.07) is -0.290. The number of carboxylic acids is 1. The Morgan fingerprint density at radius 2 is 1.66 bits per heavy atom. The number of hydrogen-bond acceptors (Lipinski definition) is 5. The molecule has 2 fully saturated rings. The zero-order valence-electron chi connectivity index (χ0n) is 16.8. The van der Waals surface area contributed by atoms with Crippen LogP contribution in [-0.2, 0) is 10.3 Å². The predicted molar refractivity (Wildman–Crippen MR) is 105 cm³/mol. The van der Waals surface area contributed by atoms with Gasteiger partial charge in [-0.05, 0) is 32.6 Å². The lowest BCUT2D eigenvalue weighted by molar-refractivity contribution is -0.135. The van der Waals surface area contributed by atoms with Crippen LogP contribution in [0, 0.1) is 0 Å². The van der Waals surface area contributed by atoms with E-state index in [1.54, 1.807) is 0 Å². The zero-order valence-corrected chi connectivity index (χ0v) is 16.8. The molecular formula is C20H29N3O6. The van der Waals surface area contributed by atoms with Crippen LogP contribution in [0.1, 0.15) is 87.5 Å². The Morgan fingerprint density at radius 3 is 2.24 bits per heavy atom. The van der Waals surface area contributed by atoms with E-state index in [0.717, 1.165) is 43.1 Å². The number of hydrogen-bond donors (Lipinski definition) is 3. The number of carbonyl (C=O) groups is 2. The summed E-state index contributed by atoms with van der Waals surface area (Å²) in [6.45, 7) is 1.16. The molecule has 1 aromatic rings. The number of nitrogens with one attached hydrogen (secondary N) is 1. The monoisotopic (exact) mass is 407 g/mol. The third-order valence-electron chi connectivity index (χ3n) is 6.30. The van der Waals surface area contributed by atoms with Gasteiger partial charge in [0.05, 0.1) is 0 Å². The van der Waals surface area contributed by atoms with Crippen LogP contribution in [-0.4, -0.2) is 37.8 Å². The highest BCUT2D eigenvalue weighted by Gasteiger charge is 2.37. The van der Waals surface area contributed by atoms with E-state index in [4.69, 9.17) is 5.11 Å². The Balaban J connectivity index is 2.20. The van der Waals surface area contributed by atoms with Crippen LogP contribution in [0.15, 0.2) is 9.59 Å². The van der Waals surface area contributed by atoms with E-state index >= 15 is 0 Å². The number of aromatic hydroxyl groups is 1. The standard InChI is InChI=1S/C20H29N3O6/c1-20(10-6-3-7-11-20)23-18(28)15(16(26)21-12-14(24)25)17(27)22(19(23)29)13-8-4-2-5-9-13/h13,27H,2-12H2,1H3,(H,21,26)(H,24,25). The topological polar surface area (TPSA) is 131 Å². The molecule has 2 aliphatic carbocycles. The number of amides is 1. The van der Waals surface area contributed by atoms with Gasteiger partial charge in [0.25, 0.3) is 11.5 Å². The molecule has 3 rings (SSSR count). The molecule has 9 nitrogen and oxygen atoms in total. The Morgan fingerprint density at radius 1 is 1.07 bits per heavy atom. The average Bonchev–Trinajstić information content (AvgIpc) is 2.67. The largest absolute Gasteiger partial charge is 0.494 e. The van der Waals surface area contributed by atoms with Crippen molar-refractivity contribution in [3.63, 3.8) is 0 Å². The fraction of sp³-hybridized carbons (Fsp3) is 0.700. The van der Waals surface area contributed by atoms with E-state index in [0.29, 0.717) is 25.7 Å². The van der Waals surface area contributed by atoms with Crippen molar-refractivity contribution < 1.29 is 19.8 Å². The number of aromatic nitrogens is 2. The van der Waals surface area contributed by atoms with Crippen LogP contribution >= 0.6 is 0 Å². The Kier molecular flexibility index (Phi) is 6.14. The van der Waals surface area contributed by atoms with Crippen molar-refractivity contribution in [3.05, 3.63) is 26.4 Å². The highest BCUT2D eigenvalue weighted by atomic mass is 16.4. The van der Waals surface area contributed by atoms with Gasteiger partial charge in [0.2, 0.25) is 5.88 Å². The predicted octanol–water partition coefficient (Wildman–Crippen LogP) is 1.71. The average molecular weight is 407 g/mol. The van der Waals surface area contributed by atoms with Gasteiger partial charge in [-0.1, -0.05) is 38.5 Å². The summed E-state index contributed by atoms with van der Waals surface area (Å²) in [5.74, 6) is -2.91. The van der Waals surface area contributed by atoms with E-state index in [1.165, 1.54) is 4.57 Å². The minimum absolute atomic E-state index is 0.290. The first kappa shape index (κ1) is 21.1. The Bertz CT molecular complexity index is 904. The summed E-state index contributed by atoms with van der Waals surface area (Å²) in [5.41, 5.74) is -2.73. The third kappa shape index (κ3) is 4.09. The molecule has 1 aromatic heterocycles. The minimum atomic E-state index is -1.27. The van der Waals surface area contributed by atoms with Crippen LogP contribution in [0.25, 0.3) is 0 Å². The lowest BCUT2D eigenvalue weighted by Crippen LogP contribution is -2.54. The summed E-state index contributed by atoms with van der Waals surface area (Å²) in [7, 11) is 0. The first-order valence-electron chi connectivity index (χ1n) is 10.4. The molecule has 2 aliphatic rings. The molecule has 0 aromatic carbocycles. The van der Waals surface area contributed by atoms with Gasteiger partial charge in [-0.25, -0.2) is 4.79 Å². The van der Waals surface area contributed by atoms with Crippen LogP contribution in [0.4, 0.5) is 0 Å². The van der Waals surface area contributed by atoms with E-state index in [1.807, 2.05) is 6.92 Å². The minimum Gasteiger partial charge on any atom is -0.494 e. The Hall–Kier alpha value is -2.58. The van der Waals surface area contributed by atoms with Crippen molar-refractivity contribution in [2.24, 2.45) is 0 Å². The van der Waals surface area contributed by atoms with Crippen molar-refractivity contribution in [1.29, 1.82) is 0 Å².